The predicted octanol–water partition coefficient (Wildman–Crippen LogP) is 5.59. The summed E-state index contributed by atoms with van der Waals surface area (Å²) in [7, 11) is 0. The van der Waals surface area contributed by atoms with Crippen molar-refractivity contribution in [1.82, 2.24) is 4.90 Å². The van der Waals surface area contributed by atoms with Crippen LogP contribution in [0.25, 0.3) is 0 Å². The number of rotatable bonds is 4. The fourth-order valence-electron chi connectivity index (χ4n) is 5.70. The molecule has 0 aromatic heterocycles. The number of hydrogen-bond acceptors (Lipinski definition) is 3. The number of hydrogen-bond donors (Lipinski definition) is 0. The Morgan fingerprint density at radius 3 is 1.78 bits per heavy atom. The van der Waals surface area contributed by atoms with Crippen molar-refractivity contribution in [1.29, 1.82) is 0 Å². The van der Waals surface area contributed by atoms with E-state index in [0.717, 1.165) is 25.7 Å². The van der Waals surface area contributed by atoms with Gasteiger partial charge in [-0.15, -0.1) is 0 Å². The highest BCUT2D eigenvalue weighted by Crippen LogP contribution is 2.33. The van der Waals surface area contributed by atoms with Gasteiger partial charge in [-0.3, -0.25) is 14.4 Å². The van der Waals surface area contributed by atoms with Gasteiger partial charge in [0.2, 0.25) is 0 Å². The number of anilines is 1. The molecule has 166 valence electrons. The molecule has 32 heavy (non-hydrogen) atoms. The van der Waals surface area contributed by atoms with E-state index in [1.54, 1.807) is 42.5 Å². The van der Waals surface area contributed by atoms with Gasteiger partial charge in [0.1, 0.15) is 0 Å². The van der Waals surface area contributed by atoms with Crippen LogP contribution in [0.15, 0.2) is 48.5 Å². The molecule has 1 aliphatic heterocycles. The molecule has 2 aromatic rings. The van der Waals surface area contributed by atoms with Gasteiger partial charge in [0.05, 0.1) is 16.8 Å². The van der Waals surface area contributed by atoms with E-state index in [4.69, 9.17) is 0 Å². The number of imide groups is 1. The summed E-state index contributed by atoms with van der Waals surface area (Å²) in [6.07, 6.45) is 11.5. The van der Waals surface area contributed by atoms with Crippen molar-refractivity contribution >= 4 is 23.4 Å². The Hall–Kier alpha value is -2.95. The molecule has 5 rings (SSSR count). The average Bonchev–Trinajstić information content (AvgIpc) is 3.11. The van der Waals surface area contributed by atoms with Crippen LogP contribution in [0.5, 0.6) is 0 Å². The fourth-order valence-corrected chi connectivity index (χ4v) is 5.70. The second-order valence-electron chi connectivity index (χ2n) is 9.34. The monoisotopic (exact) mass is 430 g/mol. The first-order valence-electron chi connectivity index (χ1n) is 12.1. The second-order valence-corrected chi connectivity index (χ2v) is 9.34. The average molecular weight is 431 g/mol. The molecule has 5 heteroatoms. The summed E-state index contributed by atoms with van der Waals surface area (Å²) in [5, 5.41) is 0. The lowest BCUT2D eigenvalue weighted by Gasteiger charge is -2.42. The van der Waals surface area contributed by atoms with Crippen LogP contribution >= 0.6 is 0 Å². The van der Waals surface area contributed by atoms with Crippen LogP contribution in [0.3, 0.4) is 0 Å². The van der Waals surface area contributed by atoms with Crippen molar-refractivity contribution in [2.45, 2.75) is 76.3 Å². The van der Waals surface area contributed by atoms with Gasteiger partial charge in [-0.25, -0.2) is 4.90 Å². The normalized spacial score (nSPS) is 19.8. The summed E-state index contributed by atoms with van der Waals surface area (Å²) >= 11 is 0. The van der Waals surface area contributed by atoms with E-state index >= 15 is 0 Å². The molecule has 0 bridgehead atoms. The summed E-state index contributed by atoms with van der Waals surface area (Å²) in [4.78, 5) is 43.1. The second kappa shape index (κ2) is 8.89. The van der Waals surface area contributed by atoms with E-state index in [0.29, 0.717) is 34.5 Å². The lowest BCUT2D eigenvalue weighted by Crippen LogP contribution is -2.48. The summed E-state index contributed by atoms with van der Waals surface area (Å²) in [5.74, 6) is -0.611. The van der Waals surface area contributed by atoms with Crippen molar-refractivity contribution in [3.8, 4) is 0 Å². The Morgan fingerprint density at radius 2 is 1.25 bits per heavy atom. The molecule has 2 saturated carbocycles. The minimum Gasteiger partial charge on any atom is -0.333 e. The van der Waals surface area contributed by atoms with E-state index in [9.17, 15) is 14.4 Å². The molecule has 2 aromatic carbocycles. The molecule has 0 spiro atoms. The first kappa shape index (κ1) is 20.9. The van der Waals surface area contributed by atoms with Crippen molar-refractivity contribution in [3.05, 3.63) is 65.2 Å². The van der Waals surface area contributed by atoms with Gasteiger partial charge < -0.3 is 4.90 Å². The number of fused-ring (bicyclic) bond motifs is 1. The number of carbonyl (C=O) groups excluding carboxylic acids is 3. The molecule has 2 aliphatic carbocycles. The van der Waals surface area contributed by atoms with Gasteiger partial charge in [0.15, 0.2) is 0 Å². The van der Waals surface area contributed by atoms with Crippen LogP contribution in [0.1, 0.15) is 95.3 Å². The van der Waals surface area contributed by atoms with Gasteiger partial charge in [-0.2, -0.15) is 0 Å². The smallest absolute Gasteiger partial charge is 0.266 e. The Balaban J connectivity index is 1.45. The van der Waals surface area contributed by atoms with E-state index < -0.39 is 0 Å². The number of benzene rings is 2. The van der Waals surface area contributed by atoms with Crippen LogP contribution in [0, 0.1) is 0 Å². The van der Waals surface area contributed by atoms with Gasteiger partial charge in [0, 0.05) is 17.6 Å². The molecule has 3 amide bonds. The third kappa shape index (κ3) is 3.74. The summed E-state index contributed by atoms with van der Waals surface area (Å²) < 4.78 is 0. The zero-order valence-corrected chi connectivity index (χ0v) is 18.5. The van der Waals surface area contributed by atoms with Gasteiger partial charge >= 0.3 is 0 Å². The molecular formula is C27H30N2O3. The van der Waals surface area contributed by atoms with E-state index in [-0.39, 0.29) is 17.7 Å². The molecular weight excluding hydrogens is 400 g/mol. The lowest BCUT2D eigenvalue weighted by molar-refractivity contribution is 0.0448. The highest BCUT2D eigenvalue weighted by molar-refractivity contribution is 6.34. The molecule has 0 atom stereocenters. The molecule has 3 aliphatic rings. The van der Waals surface area contributed by atoms with Gasteiger partial charge in [-0.1, -0.05) is 56.7 Å². The minimum atomic E-state index is -0.327. The van der Waals surface area contributed by atoms with E-state index in [2.05, 4.69) is 4.90 Å². The first-order chi connectivity index (χ1) is 15.6. The lowest BCUT2D eigenvalue weighted by atomic mass is 9.88. The number of nitrogens with zero attached hydrogens (tertiary/aromatic N) is 2. The zero-order valence-electron chi connectivity index (χ0n) is 18.5. The molecule has 0 unspecified atom stereocenters. The molecule has 2 fully saturated rings. The van der Waals surface area contributed by atoms with E-state index in [1.807, 2.05) is 6.07 Å². The zero-order chi connectivity index (χ0) is 22.1. The molecule has 5 nitrogen and oxygen atoms in total. The SMILES string of the molecule is O=C1c2ccccc2C(=O)N1c1cccc(C(=O)N(C2CCCCC2)C2CCCCC2)c1. The topological polar surface area (TPSA) is 57.7 Å². The molecule has 0 N–H and O–H groups in total. The first-order valence-corrected chi connectivity index (χ1v) is 12.1. The fraction of sp³-hybridized carbons (Fsp3) is 0.444. The standard InChI is InChI=1S/C27H30N2O3/c30-25(28(20-11-3-1-4-12-20)21-13-5-2-6-14-21)19-10-9-15-22(18-19)29-26(31)23-16-7-8-17-24(23)27(29)32/h7-10,15-18,20-21H,1-6,11-14H2. The van der Waals surface area contributed by atoms with Crippen LogP contribution in [0.2, 0.25) is 0 Å². The predicted molar refractivity (Wildman–Crippen MR) is 124 cm³/mol. The number of carbonyl (C=O) groups is 3. The highest BCUT2D eigenvalue weighted by atomic mass is 16.2. The van der Waals surface area contributed by atoms with E-state index in [1.165, 1.54) is 43.4 Å². The Morgan fingerprint density at radius 1 is 0.719 bits per heavy atom. The van der Waals surface area contributed by atoms with Crippen molar-refractivity contribution in [2.24, 2.45) is 0 Å². The minimum absolute atomic E-state index is 0.0438. The number of amides is 3. The maximum atomic E-state index is 13.8. The Labute approximate surface area is 189 Å². The Bertz CT molecular complexity index is 982. The summed E-state index contributed by atoms with van der Waals surface area (Å²) in [5.41, 5.74) is 1.87. The third-order valence-electron chi connectivity index (χ3n) is 7.32. The largest absolute Gasteiger partial charge is 0.333 e. The van der Waals surface area contributed by atoms with Crippen molar-refractivity contribution in [3.63, 3.8) is 0 Å². The molecule has 0 saturated heterocycles. The Kier molecular flexibility index (Phi) is 5.81. The summed E-state index contributed by atoms with van der Waals surface area (Å²) in [6.45, 7) is 0. The van der Waals surface area contributed by atoms with Crippen LogP contribution in [-0.2, 0) is 0 Å². The molecule has 1 heterocycles. The van der Waals surface area contributed by atoms with Crippen LogP contribution in [-0.4, -0.2) is 34.7 Å². The van der Waals surface area contributed by atoms with Gasteiger partial charge in [-0.05, 0) is 56.0 Å². The van der Waals surface area contributed by atoms with Crippen LogP contribution < -0.4 is 4.90 Å². The van der Waals surface area contributed by atoms with Gasteiger partial charge in [0.25, 0.3) is 17.7 Å². The summed E-state index contributed by atoms with van der Waals surface area (Å²) in [6, 6.07) is 14.5. The molecule has 0 radical (unpaired) electrons. The maximum absolute atomic E-state index is 13.8. The quantitative estimate of drug-likeness (QED) is 0.594. The van der Waals surface area contributed by atoms with Crippen molar-refractivity contribution < 1.29 is 14.4 Å². The highest BCUT2D eigenvalue weighted by Gasteiger charge is 2.37. The van der Waals surface area contributed by atoms with Crippen molar-refractivity contribution in [2.75, 3.05) is 4.90 Å². The third-order valence-corrected chi connectivity index (χ3v) is 7.32. The maximum Gasteiger partial charge on any atom is 0.266 e. The van der Waals surface area contributed by atoms with Crippen LogP contribution in [0.4, 0.5) is 5.69 Å².